The van der Waals surface area contributed by atoms with E-state index < -0.39 is 11.4 Å². The van der Waals surface area contributed by atoms with Crippen molar-refractivity contribution in [3.63, 3.8) is 0 Å². The molecule has 2 N–H and O–H groups in total. The van der Waals surface area contributed by atoms with Crippen LogP contribution >= 0.6 is 0 Å². The van der Waals surface area contributed by atoms with Crippen LogP contribution in [0, 0.1) is 0 Å². The van der Waals surface area contributed by atoms with Gasteiger partial charge >= 0.3 is 0 Å². The fourth-order valence-corrected chi connectivity index (χ4v) is 5.37. The molecule has 0 radical (unpaired) electrons. The third-order valence-electron chi connectivity index (χ3n) is 5.83. The molecule has 0 saturated carbocycles. The zero-order valence-corrected chi connectivity index (χ0v) is 17.3. The van der Waals surface area contributed by atoms with Crippen molar-refractivity contribution >= 4 is 33.6 Å². The summed E-state index contributed by atoms with van der Waals surface area (Å²) in [5.41, 5.74) is 5.08. The first-order valence-electron chi connectivity index (χ1n) is 10.1. The van der Waals surface area contributed by atoms with Gasteiger partial charge in [0.25, 0.3) is 0 Å². The van der Waals surface area contributed by atoms with Crippen LogP contribution in [0.1, 0.15) is 0 Å². The number of rotatable bonds is 4. The highest BCUT2D eigenvalue weighted by molar-refractivity contribution is 7.93. The first-order valence-corrected chi connectivity index (χ1v) is 11.2. The molecule has 29 heavy (non-hydrogen) atoms. The maximum Gasteiger partial charge on any atom is 0.187 e. The molecule has 2 aromatic carbocycles. The van der Waals surface area contributed by atoms with Crippen LogP contribution in [0.5, 0.6) is 0 Å². The summed E-state index contributed by atoms with van der Waals surface area (Å²) in [6.07, 6.45) is 1.81. The first kappa shape index (κ1) is 18.7. The summed E-state index contributed by atoms with van der Waals surface area (Å²) >= 11 is -1.27. The minimum absolute atomic E-state index is 0.832. The lowest BCUT2D eigenvalue weighted by Crippen LogP contribution is -2.48. The molecular weight excluding hydrogens is 382 g/mol. The van der Waals surface area contributed by atoms with Gasteiger partial charge in [0.15, 0.2) is 4.90 Å². The average molecular weight is 408 g/mol. The number of piperazine rings is 1. The number of likely N-dealkylation sites (N-methyl/N-ethyl adjacent to an activating group) is 1. The van der Waals surface area contributed by atoms with Crippen molar-refractivity contribution in [1.82, 2.24) is 15.2 Å². The van der Waals surface area contributed by atoms with E-state index >= 15 is 0 Å². The van der Waals surface area contributed by atoms with Gasteiger partial charge in [0.1, 0.15) is 22.6 Å². The van der Waals surface area contributed by atoms with Gasteiger partial charge in [-0.3, -0.25) is 9.88 Å². The van der Waals surface area contributed by atoms with E-state index in [0.29, 0.717) is 0 Å². The number of nitrogens with one attached hydrogen (secondary N) is 2. The number of fused-ring (bicyclic) bond motifs is 5. The molecule has 6 nitrogen and oxygen atoms in total. The summed E-state index contributed by atoms with van der Waals surface area (Å²) in [6.45, 7) is 6.20. The van der Waals surface area contributed by atoms with Crippen LogP contribution < -0.4 is 14.9 Å². The molecule has 1 saturated heterocycles. The second-order valence-electron chi connectivity index (χ2n) is 7.52. The predicted molar refractivity (Wildman–Crippen MR) is 120 cm³/mol. The van der Waals surface area contributed by atoms with Crippen molar-refractivity contribution < 1.29 is 4.55 Å². The highest BCUT2D eigenvalue weighted by Gasteiger charge is 2.30. The molecule has 0 aliphatic carbocycles. The second kappa shape index (κ2) is 7.84. The number of aromatic nitrogens is 1. The number of benzene rings is 2. The highest BCUT2D eigenvalue weighted by Crippen LogP contribution is 2.45. The summed E-state index contributed by atoms with van der Waals surface area (Å²) < 4.78 is 15.9. The molecule has 1 aromatic heterocycles. The maximum atomic E-state index is 12.8. The molecular formula is C22H25N5OS. The van der Waals surface area contributed by atoms with Crippen LogP contribution in [-0.2, 0) is 11.4 Å². The molecule has 3 heterocycles. The van der Waals surface area contributed by atoms with Crippen LogP contribution in [0.25, 0.3) is 22.0 Å². The van der Waals surface area contributed by atoms with Crippen molar-refractivity contribution in [3.8, 4) is 11.1 Å². The van der Waals surface area contributed by atoms with Gasteiger partial charge in [0.05, 0.1) is 0 Å². The second-order valence-corrected chi connectivity index (χ2v) is 8.70. The van der Waals surface area contributed by atoms with Crippen molar-refractivity contribution in [1.29, 1.82) is 0 Å². The fraction of sp³-hybridized carbons (Fsp3) is 0.318. The van der Waals surface area contributed by atoms with E-state index in [2.05, 4.69) is 43.0 Å². The van der Waals surface area contributed by atoms with Crippen LogP contribution in [0.2, 0.25) is 0 Å². The number of nitrogens with zero attached hydrogens (tertiary/aromatic N) is 3. The average Bonchev–Trinajstić information content (AvgIpc) is 2.78. The Bertz CT molecular complexity index is 1030. The van der Waals surface area contributed by atoms with Gasteiger partial charge in [0.2, 0.25) is 0 Å². The van der Waals surface area contributed by atoms with Crippen LogP contribution in [-0.4, -0.2) is 60.8 Å². The Kier molecular flexibility index (Phi) is 5.05. The summed E-state index contributed by atoms with van der Waals surface area (Å²) in [5.74, 6) is 0. The van der Waals surface area contributed by atoms with Crippen LogP contribution in [0.4, 0.5) is 11.4 Å². The monoisotopic (exact) mass is 407 g/mol. The molecule has 1 atom stereocenters. The molecule has 7 heteroatoms. The standard InChI is InChI=1S/C22H25N5OS/c1-23-9-10-26-11-13-27(14-12-26)19-15-18-16-5-2-3-7-20(16)29(28)25-22(18)21-17(19)6-4-8-24-21/h2-8,15,23,25H,9-14H2,1H3. The minimum Gasteiger partial charge on any atom is -0.588 e. The number of hydrogen-bond acceptors (Lipinski definition) is 6. The van der Waals surface area contributed by atoms with Gasteiger partial charge in [0, 0.05) is 67.7 Å². The number of hydrogen-bond donors (Lipinski definition) is 2. The molecule has 0 bridgehead atoms. The predicted octanol–water partition coefficient (Wildman–Crippen LogP) is 2.69. The minimum atomic E-state index is -1.27. The largest absolute Gasteiger partial charge is 0.588 e. The van der Waals surface area contributed by atoms with E-state index in [-0.39, 0.29) is 0 Å². The fourth-order valence-electron chi connectivity index (χ4n) is 4.28. The van der Waals surface area contributed by atoms with Gasteiger partial charge in [-0.2, -0.15) is 0 Å². The van der Waals surface area contributed by atoms with Gasteiger partial charge in [-0.05, 0) is 37.4 Å². The SMILES string of the molecule is CNCCN1CCN(c2cc3c(c4ncccc24)N[S+]([O-])c2ccccc2-3)CC1. The molecule has 150 valence electrons. The molecule has 2 aliphatic rings. The highest BCUT2D eigenvalue weighted by atomic mass is 32.2. The Hall–Kier alpha value is -2.32. The van der Waals surface area contributed by atoms with Gasteiger partial charge in [-0.15, -0.1) is 0 Å². The Morgan fingerprint density at radius 2 is 1.93 bits per heavy atom. The summed E-state index contributed by atoms with van der Waals surface area (Å²) in [4.78, 5) is 10.5. The zero-order valence-electron chi connectivity index (χ0n) is 16.5. The molecule has 0 spiro atoms. The molecule has 0 amide bonds. The lowest BCUT2D eigenvalue weighted by molar-refractivity contribution is 0.260. The Balaban J connectivity index is 1.57. The zero-order chi connectivity index (χ0) is 19.8. The van der Waals surface area contributed by atoms with E-state index in [1.807, 2.05) is 37.5 Å². The summed E-state index contributed by atoms with van der Waals surface area (Å²) in [6, 6.07) is 14.3. The summed E-state index contributed by atoms with van der Waals surface area (Å²) in [7, 11) is 2.00. The Labute approximate surface area is 174 Å². The first-order chi connectivity index (χ1) is 14.3. The smallest absolute Gasteiger partial charge is 0.187 e. The third kappa shape index (κ3) is 3.34. The molecule has 1 unspecified atom stereocenters. The van der Waals surface area contributed by atoms with Crippen LogP contribution in [0.15, 0.2) is 53.6 Å². The molecule has 5 rings (SSSR count). The van der Waals surface area contributed by atoms with Crippen molar-refractivity contribution in [2.45, 2.75) is 4.90 Å². The van der Waals surface area contributed by atoms with E-state index in [9.17, 15) is 4.55 Å². The van der Waals surface area contributed by atoms with Crippen molar-refractivity contribution in [3.05, 3.63) is 48.7 Å². The Morgan fingerprint density at radius 1 is 1.10 bits per heavy atom. The quantitative estimate of drug-likeness (QED) is 0.649. The lowest BCUT2D eigenvalue weighted by atomic mass is 9.98. The van der Waals surface area contributed by atoms with E-state index in [4.69, 9.17) is 0 Å². The van der Waals surface area contributed by atoms with E-state index in [0.717, 1.165) is 71.9 Å². The topological polar surface area (TPSA) is 66.5 Å². The van der Waals surface area contributed by atoms with E-state index in [1.54, 1.807) is 0 Å². The van der Waals surface area contributed by atoms with Crippen molar-refractivity contribution in [2.75, 3.05) is 55.9 Å². The van der Waals surface area contributed by atoms with E-state index in [1.165, 1.54) is 5.69 Å². The van der Waals surface area contributed by atoms with Crippen molar-refractivity contribution in [2.24, 2.45) is 0 Å². The molecule has 2 aliphatic heterocycles. The normalized spacial score (nSPS) is 19.0. The molecule has 1 fully saturated rings. The third-order valence-corrected chi connectivity index (χ3v) is 6.98. The van der Waals surface area contributed by atoms with Gasteiger partial charge < -0.3 is 14.8 Å². The summed E-state index contributed by atoms with van der Waals surface area (Å²) in [5, 5.41) is 4.34. The number of anilines is 2. The number of pyridine rings is 1. The Morgan fingerprint density at radius 3 is 2.76 bits per heavy atom. The lowest BCUT2D eigenvalue weighted by Gasteiger charge is -2.37. The van der Waals surface area contributed by atoms with Gasteiger partial charge in [-0.25, -0.2) is 4.72 Å². The van der Waals surface area contributed by atoms with Crippen LogP contribution in [0.3, 0.4) is 0 Å². The maximum absolute atomic E-state index is 12.8. The van der Waals surface area contributed by atoms with Gasteiger partial charge in [-0.1, -0.05) is 12.1 Å². The molecule has 3 aromatic rings.